The highest BCUT2D eigenvalue weighted by Crippen LogP contribution is 2.34. The highest BCUT2D eigenvalue weighted by Gasteiger charge is 2.28. The van der Waals surface area contributed by atoms with Gasteiger partial charge in [-0.2, -0.15) is 4.98 Å². The predicted octanol–water partition coefficient (Wildman–Crippen LogP) is 5.41. The summed E-state index contributed by atoms with van der Waals surface area (Å²) >= 11 is 6.60. The van der Waals surface area contributed by atoms with Gasteiger partial charge in [-0.25, -0.2) is 4.98 Å². The number of hydrogen-bond donors (Lipinski definition) is 1. The number of nitrogens with one attached hydrogen (secondary N) is 1. The topological polar surface area (TPSA) is 86.6 Å². The lowest BCUT2D eigenvalue weighted by Crippen LogP contribution is -2.44. The molecule has 10 heteroatoms. The van der Waals surface area contributed by atoms with Crippen molar-refractivity contribution in [3.05, 3.63) is 75.2 Å². The lowest BCUT2D eigenvalue weighted by Gasteiger charge is -2.35. The second-order valence-corrected chi connectivity index (χ2v) is 12.2. The summed E-state index contributed by atoms with van der Waals surface area (Å²) < 4.78 is 1.77. The molecule has 2 aromatic heterocycles. The summed E-state index contributed by atoms with van der Waals surface area (Å²) in [5.74, 6) is 0.421. The van der Waals surface area contributed by atoms with Crippen molar-refractivity contribution in [1.82, 2.24) is 24.3 Å². The van der Waals surface area contributed by atoms with Crippen molar-refractivity contribution in [2.24, 2.45) is 0 Å². The third-order valence-corrected chi connectivity index (χ3v) is 9.19. The molecular weight excluding hydrogens is 562 g/mol. The Morgan fingerprint density at radius 3 is 2.53 bits per heavy atom. The van der Waals surface area contributed by atoms with Crippen LogP contribution in [-0.2, 0) is 4.79 Å². The van der Waals surface area contributed by atoms with Gasteiger partial charge in [0.05, 0.1) is 11.6 Å². The number of carbonyl (C=O) groups excluding carboxylic acids is 1. The highest BCUT2D eigenvalue weighted by molar-refractivity contribution is 6.33. The molecule has 4 aromatic rings. The van der Waals surface area contributed by atoms with Crippen LogP contribution in [-0.4, -0.2) is 76.6 Å². The van der Waals surface area contributed by atoms with Crippen LogP contribution in [0.15, 0.2) is 53.5 Å². The fourth-order valence-electron chi connectivity index (χ4n) is 6.43. The van der Waals surface area contributed by atoms with E-state index < -0.39 is 0 Å². The average molecular weight is 600 g/mol. The SMILES string of the molecule is CC(=O)N1CCCC(n2c(=O)c(-c3ccccc3Cl)c(C)c3cnc(Nc4ccc(N5CCN(C)CC5)c(C)c4)nc32)C1. The standard InChI is InChI=1S/C33H38ClN7O2/c1-21-18-24(11-12-29(21)39-16-14-38(4)15-17-39)36-33-35-19-27-22(2)30(26-9-5-6-10-28(26)34)32(43)41(31(27)37-33)25-8-7-13-40(20-25)23(3)42/h5-6,9-12,18-19,25H,7-8,13-17,20H2,1-4H3,(H,35,36,37). The number of nitrogens with zero attached hydrogens (tertiary/aromatic N) is 6. The van der Waals surface area contributed by atoms with E-state index in [4.69, 9.17) is 16.6 Å². The zero-order valence-corrected chi connectivity index (χ0v) is 26.0. The van der Waals surface area contributed by atoms with Crippen molar-refractivity contribution in [2.45, 2.75) is 39.7 Å². The van der Waals surface area contributed by atoms with Gasteiger partial charge in [0.1, 0.15) is 5.65 Å². The van der Waals surface area contributed by atoms with Gasteiger partial charge in [0.15, 0.2) is 0 Å². The lowest BCUT2D eigenvalue weighted by atomic mass is 9.98. The molecule has 6 rings (SSSR count). The van der Waals surface area contributed by atoms with E-state index in [1.807, 2.05) is 30.0 Å². The van der Waals surface area contributed by atoms with E-state index in [0.29, 0.717) is 40.8 Å². The van der Waals surface area contributed by atoms with Gasteiger partial charge in [0, 0.05) is 79.7 Å². The number of halogens is 1. The molecule has 1 unspecified atom stereocenters. The van der Waals surface area contributed by atoms with E-state index in [1.54, 1.807) is 23.8 Å². The van der Waals surface area contributed by atoms with Gasteiger partial charge in [-0.15, -0.1) is 0 Å². The minimum absolute atomic E-state index is 0.00728. The fraction of sp³-hybridized carbons (Fsp3) is 0.394. The van der Waals surface area contributed by atoms with Crippen molar-refractivity contribution in [3.63, 3.8) is 0 Å². The molecule has 4 heterocycles. The monoisotopic (exact) mass is 599 g/mol. The minimum Gasteiger partial charge on any atom is -0.369 e. The van der Waals surface area contributed by atoms with E-state index in [0.717, 1.165) is 55.7 Å². The van der Waals surface area contributed by atoms with Crippen molar-refractivity contribution >= 4 is 45.9 Å². The van der Waals surface area contributed by atoms with Crippen LogP contribution >= 0.6 is 11.6 Å². The Morgan fingerprint density at radius 1 is 1.05 bits per heavy atom. The van der Waals surface area contributed by atoms with Crippen LogP contribution in [0.4, 0.5) is 17.3 Å². The summed E-state index contributed by atoms with van der Waals surface area (Å²) in [5, 5.41) is 4.67. The third kappa shape index (κ3) is 5.71. The number of piperidine rings is 1. The third-order valence-electron chi connectivity index (χ3n) is 8.86. The molecule has 2 aliphatic rings. The number of likely N-dealkylation sites (tertiary alicyclic amines) is 1. The van der Waals surface area contributed by atoms with Gasteiger partial charge in [-0.1, -0.05) is 29.8 Å². The predicted molar refractivity (Wildman–Crippen MR) is 174 cm³/mol. The molecule has 2 fully saturated rings. The van der Waals surface area contributed by atoms with Crippen LogP contribution in [0.1, 0.15) is 36.9 Å². The molecule has 43 heavy (non-hydrogen) atoms. The molecule has 0 bridgehead atoms. The number of hydrogen-bond acceptors (Lipinski definition) is 7. The second kappa shape index (κ2) is 12.0. The van der Waals surface area contributed by atoms with Gasteiger partial charge in [-0.05, 0) is 69.1 Å². The first-order chi connectivity index (χ1) is 20.7. The normalized spacial score (nSPS) is 17.8. The molecule has 2 aliphatic heterocycles. The molecule has 224 valence electrons. The van der Waals surface area contributed by atoms with Crippen LogP contribution in [0.2, 0.25) is 5.02 Å². The van der Waals surface area contributed by atoms with E-state index in [9.17, 15) is 9.59 Å². The van der Waals surface area contributed by atoms with Gasteiger partial charge in [0.2, 0.25) is 11.9 Å². The van der Waals surface area contributed by atoms with Crippen LogP contribution in [0.3, 0.4) is 0 Å². The Labute approximate surface area is 257 Å². The summed E-state index contributed by atoms with van der Waals surface area (Å²) in [5.41, 5.74) is 5.69. The van der Waals surface area contributed by atoms with Gasteiger partial charge >= 0.3 is 0 Å². The molecule has 0 saturated carbocycles. The first kappa shape index (κ1) is 29.1. The van der Waals surface area contributed by atoms with Crippen LogP contribution < -0.4 is 15.8 Å². The zero-order valence-electron chi connectivity index (χ0n) is 25.2. The first-order valence-corrected chi connectivity index (χ1v) is 15.3. The number of benzene rings is 2. The lowest BCUT2D eigenvalue weighted by molar-refractivity contribution is -0.130. The average Bonchev–Trinajstić information content (AvgIpc) is 2.99. The Hall–Kier alpha value is -3.95. The smallest absolute Gasteiger partial charge is 0.260 e. The van der Waals surface area contributed by atoms with E-state index in [1.165, 1.54) is 11.3 Å². The first-order valence-electron chi connectivity index (χ1n) is 14.9. The van der Waals surface area contributed by atoms with Crippen LogP contribution in [0, 0.1) is 13.8 Å². The Kier molecular flexibility index (Phi) is 8.11. The molecule has 2 aromatic carbocycles. The van der Waals surface area contributed by atoms with E-state index >= 15 is 0 Å². The maximum Gasteiger partial charge on any atom is 0.260 e. The number of piperazine rings is 1. The number of amides is 1. The van der Waals surface area contributed by atoms with Gasteiger partial charge in [-0.3, -0.25) is 14.2 Å². The Balaban J connectivity index is 1.42. The number of rotatable bonds is 5. The quantitative estimate of drug-likeness (QED) is 0.328. The Morgan fingerprint density at radius 2 is 1.81 bits per heavy atom. The number of likely N-dealkylation sites (N-methyl/N-ethyl adjacent to an activating group) is 1. The largest absolute Gasteiger partial charge is 0.369 e. The van der Waals surface area contributed by atoms with Gasteiger partial charge < -0.3 is 20.0 Å². The number of anilines is 3. The molecule has 1 atom stereocenters. The van der Waals surface area contributed by atoms with Crippen molar-refractivity contribution < 1.29 is 4.79 Å². The molecule has 0 aliphatic carbocycles. The number of aromatic nitrogens is 3. The van der Waals surface area contributed by atoms with E-state index in [-0.39, 0.29) is 17.5 Å². The molecule has 2 saturated heterocycles. The van der Waals surface area contributed by atoms with Crippen molar-refractivity contribution in [2.75, 3.05) is 56.5 Å². The zero-order chi connectivity index (χ0) is 30.2. The van der Waals surface area contributed by atoms with Crippen molar-refractivity contribution in [1.29, 1.82) is 0 Å². The maximum atomic E-state index is 14.4. The number of carbonyl (C=O) groups is 1. The summed E-state index contributed by atoms with van der Waals surface area (Å²) in [4.78, 5) is 42.9. The molecule has 1 amide bonds. The number of aryl methyl sites for hydroxylation is 2. The van der Waals surface area contributed by atoms with Gasteiger partial charge in [0.25, 0.3) is 5.56 Å². The molecule has 9 nitrogen and oxygen atoms in total. The molecule has 0 spiro atoms. The summed E-state index contributed by atoms with van der Waals surface area (Å²) in [6.45, 7) is 10.9. The summed E-state index contributed by atoms with van der Waals surface area (Å²) in [6, 6.07) is 13.5. The van der Waals surface area contributed by atoms with Crippen LogP contribution in [0.5, 0.6) is 0 Å². The maximum absolute atomic E-state index is 14.4. The fourth-order valence-corrected chi connectivity index (χ4v) is 6.66. The molecular formula is C33H38ClN7O2. The highest BCUT2D eigenvalue weighted by atomic mass is 35.5. The summed E-state index contributed by atoms with van der Waals surface area (Å²) in [7, 11) is 2.16. The second-order valence-electron chi connectivity index (χ2n) is 11.8. The van der Waals surface area contributed by atoms with Crippen molar-refractivity contribution in [3.8, 4) is 11.1 Å². The number of pyridine rings is 1. The molecule has 1 N–H and O–H groups in total. The Bertz CT molecular complexity index is 1750. The van der Waals surface area contributed by atoms with E-state index in [2.05, 4.69) is 52.3 Å². The minimum atomic E-state index is -0.220. The summed E-state index contributed by atoms with van der Waals surface area (Å²) in [6.07, 6.45) is 3.36. The number of fused-ring (bicyclic) bond motifs is 1. The molecule has 0 radical (unpaired) electrons. The van der Waals surface area contributed by atoms with Crippen LogP contribution in [0.25, 0.3) is 22.2 Å².